The lowest BCUT2D eigenvalue weighted by Gasteiger charge is -2.05. The molecule has 2 N–H and O–H groups in total. The second-order valence-corrected chi connectivity index (χ2v) is 4.82. The SMILES string of the molecule is C=C1Nc2ccc(Cc3ccc(C(=O)OC)cn3)cc2N1. The molecule has 1 aromatic heterocycles. The molecule has 0 saturated heterocycles. The summed E-state index contributed by atoms with van der Waals surface area (Å²) in [6, 6.07) is 9.68. The van der Waals surface area contributed by atoms with Crippen LogP contribution in [0.4, 0.5) is 11.4 Å². The zero-order valence-corrected chi connectivity index (χ0v) is 11.6. The first kappa shape index (κ1) is 13.2. The molecule has 1 aromatic carbocycles. The molecule has 21 heavy (non-hydrogen) atoms. The monoisotopic (exact) mass is 281 g/mol. The number of aromatic nitrogens is 1. The average molecular weight is 281 g/mol. The number of nitrogens with one attached hydrogen (secondary N) is 2. The van der Waals surface area contributed by atoms with E-state index >= 15 is 0 Å². The van der Waals surface area contributed by atoms with Crippen LogP contribution in [0.3, 0.4) is 0 Å². The third-order valence-electron chi connectivity index (χ3n) is 3.29. The van der Waals surface area contributed by atoms with Crippen LogP contribution in [0.1, 0.15) is 21.6 Å². The predicted molar refractivity (Wildman–Crippen MR) is 81.2 cm³/mol. The number of methoxy groups -OCH3 is 1. The highest BCUT2D eigenvalue weighted by atomic mass is 16.5. The van der Waals surface area contributed by atoms with E-state index in [0.717, 1.165) is 28.5 Å². The molecular formula is C16H15N3O2. The fourth-order valence-corrected chi connectivity index (χ4v) is 2.25. The number of carbonyl (C=O) groups is 1. The molecule has 0 unspecified atom stereocenters. The van der Waals surface area contributed by atoms with Crippen LogP contribution in [0.15, 0.2) is 48.9 Å². The summed E-state index contributed by atoms with van der Waals surface area (Å²) < 4.78 is 4.65. The molecule has 2 heterocycles. The maximum atomic E-state index is 11.4. The number of benzene rings is 1. The standard InChI is InChI=1S/C16H15N3O2/c1-10-18-14-6-3-11(8-15(14)19-10)7-13-5-4-12(9-17-13)16(20)21-2/h3-6,8-9,18-19H,1,7H2,2H3. The van der Waals surface area contributed by atoms with Crippen LogP contribution in [0.25, 0.3) is 0 Å². The molecule has 0 amide bonds. The zero-order valence-electron chi connectivity index (χ0n) is 11.6. The molecule has 1 aliphatic rings. The Kier molecular flexibility index (Phi) is 3.31. The van der Waals surface area contributed by atoms with E-state index in [9.17, 15) is 4.79 Å². The molecule has 3 rings (SSSR count). The van der Waals surface area contributed by atoms with Crippen molar-refractivity contribution in [3.63, 3.8) is 0 Å². The number of pyridine rings is 1. The third kappa shape index (κ3) is 2.72. The van der Waals surface area contributed by atoms with Gasteiger partial charge in [-0.05, 0) is 29.8 Å². The van der Waals surface area contributed by atoms with Crippen molar-refractivity contribution in [1.82, 2.24) is 4.98 Å². The van der Waals surface area contributed by atoms with Gasteiger partial charge in [-0.25, -0.2) is 4.79 Å². The molecule has 0 fully saturated rings. The molecule has 5 nitrogen and oxygen atoms in total. The quantitative estimate of drug-likeness (QED) is 0.847. The van der Waals surface area contributed by atoms with Crippen LogP contribution in [0.2, 0.25) is 0 Å². The predicted octanol–water partition coefficient (Wildman–Crippen LogP) is 2.77. The first-order valence-electron chi connectivity index (χ1n) is 6.55. The van der Waals surface area contributed by atoms with Crippen molar-refractivity contribution in [3.8, 4) is 0 Å². The molecule has 0 saturated carbocycles. The Labute approximate surface area is 122 Å². The lowest BCUT2D eigenvalue weighted by Crippen LogP contribution is -2.02. The maximum Gasteiger partial charge on any atom is 0.339 e. The minimum Gasteiger partial charge on any atom is -0.465 e. The van der Waals surface area contributed by atoms with Gasteiger partial charge >= 0.3 is 5.97 Å². The number of anilines is 2. The van der Waals surface area contributed by atoms with Crippen LogP contribution in [-0.2, 0) is 11.2 Å². The summed E-state index contributed by atoms with van der Waals surface area (Å²) >= 11 is 0. The lowest BCUT2D eigenvalue weighted by atomic mass is 10.1. The molecular weight excluding hydrogens is 266 g/mol. The smallest absolute Gasteiger partial charge is 0.339 e. The molecule has 0 radical (unpaired) electrons. The summed E-state index contributed by atoms with van der Waals surface area (Å²) in [4.78, 5) is 15.7. The van der Waals surface area contributed by atoms with Gasteiger partial charge < -0.3 is 15.4 Å². The summed E-state index contributed by atoms with van der Waals surface area (Å²) in [7, 11) is 1.36. The van der Waals surface area contributed by atoms with Gasteiger partial charge in [0.2, 0.25) is 0 Å². The highest BCUT2D eigenvalue weighted by molar-refractivity contribution is 5.88. The largest absolute Gasteiger partial charge is 0.465 e. The average Bonchev–Trinajstić information content (AvgIpc) is 2.86. The van der Waals surface area contributed by atoms with Crippen LogP contribution in [0, 0.1) is 0 Å². The Hall–Kier alpha value is -2.82. The lowest BCUT2D eigenvalue weighted by molar-refractivity contribution is 0.0600. The van der Waals surface area contributed by atoms with Crippen molar-refractivity contribution in [3.05, 3.63) is 65.7 Å². The maximum absolute atomic E-state index is 11.4. The summed E-state index contributed by atoms with van der Waals surface area (Å²) in [5.41, 5.74) is 4.53. The van der Waals surface area contributed by atoms with Crippen molar-refractivity contribution in [2.45, 2.75) is 6.42 Å². The van der Waals surface area contributed by atoms with Gasteiger partial charge in [0.1, 0.15) is 5.82 Å². The molecule has 106 valence electrons. The molecule has 0 bridgehead atoms. The minimum atomic E-state index is -0.375. The van der Waals surface area contributed by atoms with Crippen molar-refractivity contribution >= 4 is 17.3 Å². The van der Waals surface area contributed by atoms with Crippen molar-refractivity contribution in [1.29, 1.82) is 0 Å². The molecule has 0 spiro atoms. The fourth-order valence-electron chi connectivity index (χ4n) is 2.25. The van der Waals surface area contributed by atoms with Gasteiger partial charge in [-0.1, -0.05) is 12.6 Å². The van der Waals surface area contributed by atoms with E-state index in [4.69, 9.17) is 0 Å². The fraction of sp³-hybridized carbons (Fsp3) is 0.125. The van der Waals surface area contributed by atoms with Crippen LogP contribution >= 0.6 is 0 Å². The Morgan fingerprint density at radius 3 is 2.76 bits per heavy atom. The first-order valence-corrected chi connectivity index (χ1v) is 6.55. The number of fused-ring (bicyclic) bond motifs is 1. The van der Waals surface area contributed by atoms with E-state index < -0.39 is 0 Å². The van der Waals surface area contributed by atoms with Gasteiger partial charge in [-0.2, -0.15) is 0 Å². The molecule has 1 aliphatic heterocycles. The van der Waals surface area contributed by atoms with Gasteiger partial charge in [0.05, 0.1) is 24.0 Å². The number of esters is 1. The molecule has 0 atom stereocenters. The van der Waals surface area contributed by atoms with Crippen molar-refractivity contribution in [2.24, 2.45) is 0 Å². The van der Waals surface area contributed by atoms with Crippen LogP contribution < -0.4 is 10.6 Å². The van der Waals surface area contributed by atoms with Gasteiger partial charge in [0.25, 0.3) is 0 Å². The van der Waals surface area contributed by atoms with Crippen LogP contribution in [0.5, 0.6) is 0 Å². The first-order chi connectivity index (χ1) is 10.2. The third-order valence-corrected chi connectivity index (χ3v) is 3.29. The number of carbonyl (C=O) groups excluding carboxylic acids is 1. The number of hydrogen-bond acceptors (Lipinski definition) is 5. The highest BCUT2D eigenvalue weighted by Crippen LogP contribution is 2.31. The highest BCUT2D eigenvalue weighted by Gasteiger charge is 2.13. The van der Waals surface area contributed by atoms with E-state index in [-0.39, 0.29) is 5.97 Å². The van der Waals surface area contributed by atoms with Crippen molar-refractivity contribution in [2.75, 3.05) is 17.7 Å². The Bertz CT molecular complexity index is 708. The Morgan fingerprint density at radius 1 is 1.24 bits per heavy atom. The van der Waals surface area contributed by atoms with E-state index in [0.29, 0.717) is 12.0 Å². The van der Waals surface area contributed by atoms with Gasteiger partial charge in [0.15, 0.2) is 0 Å². The van der Waals surface area contributed by atoms with Gasteiger partial charge in [-0.15, -0.1) is 0 Å². The normalized spacial score (nSPS) is 12.3. The summed E-state index contributed by atoms with van der Waals surface area (Å²) in [5, 5.41) is 6.31. The summed E-state index contributed by atoms with van der Waals surface area (Å²) in [6.07, 6.45) is 2.24. The van der Waals surface area contributed by atoms with E-state index in [1.165, 1.54) is 13.3 Å². The number of rotatable bonds is 3. The van der Waals surface area contributed by atoms with Gasteiger partial charge in [0, 0.05) is 18.3 Å². The Balaban J connectivity index is 1.77. The minimum absolute atomic E-state index is 0.375. The van der Waals surface area contributed by atoms with Crippen molar-refractivity contribution < 1.29 is 9.53 Å². The van der Waals surface area contributed by atoms with Crippen LogP contribution in [-0.4, -0.2) is 18.1 Å². The van der Waals surface area contributed by atoms with E-state index in [1.807, 2.05) is 18.2 Å². The molecule has 5 heteroatoms. The van der Waals surface area contributed by atoms with E-state index in [2.05, 4.69) is 33.0 Å². The number of nitrogens with zero attached hydrogens (tertiary/aromatic N) is 1. The second kappa shape index (κ2) is 5.28. The summed E-state index contributed by atoms with van der Waals surface area (Å²) in [5.74, 6) is 0.406. The summed E-state index contributed by atoms with van der Waals surface area (Å²) in [6.45, 7) is 3.84. The van der Waals surface area contributed by atoms with E-state index in [1.54, 1.807) is 6.07 Å². The number of hydrogen-bond donors (Lipinski definition) is 2. The molecule has 2 aromatic rings. The Morgan fingerprint density at radius 2 is 2.05 bits per heavy atom. The second-order valence-electron chi connectivity index (χ2n) is 4.82. The number of ether oxygens (including phenoxy) is 1. The van der Waals surface area contributed by atoms with Gasteiger partial charge in [-0.3, -0.25) is 4.98 Å². The molecule has 0 aliphatic carbocycles. The zero-order chi connectivity index (χ0) is 14.8. The topological polar surface area (TPSA) is 63.2 Å².